The molecule has 1 aromatic heterocycles. The molecule has 0 amide bonds. The maximum absolute atomic E-state index is 5.45. The van der Waals surface area contributed by atoms with E-state index < -0.39 is 0 Å². The average Bonchev–Trinajstić information content (AvgIpc) is 2.67. The summed E-state index contributed by atoms with van der Waals surface area (Å²) in [5.74, 6) is 0.671. The third-order valence-electron chi connectivity index (χ3n) is 2.44. The predicted octanol–water partition coefficient (Wildman–Crippen LogP) is 1.70. The molecule has 0 spiro atoms. The van der Waals surface area contributed by atoms with Gasteiger partial charge in [0, 0.05) is 6.04 Å². The average molecular weight is 225 g/mol. The van der Waals surface area contributed by atoms with E-state index in [0.717, 1.165) is 18.7 Å². The Morgan fingerprint density at radius 2 is 2.47 bits per heavy atom. The minimum Gasteiger partial charge on any atom is -0.476 e. The standard InChI is InChI=1S/C10H15N3OS/c1-3-14-10-9(12-15-13-10)8-5-4-6-11-7(8)2/h5,7,11H,3-4,6H2,1-2H3. The molecule has 0 radical (unpaired) electrons. The van der Waals surface area contributed by atoms with Crippen LogP contribution in [0.4, 0.5) is 0 Å². The Hall–Kier alpha value is -0.940. The molecule has 1 unspecified atom stereocenters. The van der Waals surface area contributed by atoms with Crippen molar-refractivity contribution in [1.82, 2.24) is 14.1 Å². The summed E-state index contributed by atoms with van der Waals surface area (Å²) in [5, 5.41) is 3.40. The Morgan fingerprint density at radius 3 is 3.20 bits per heavy atom. The van der Waals surface area contributed by atoms with Crippen LogP contribution >= 0.6 is 11.7 Å². The summed E-state index contributed by atoms with van der Waals surface area (Å²) >= 11 is 1.21. The van der Waals surface area contributed by atoms with Crippen LogP contribution in [0.1, 0.15) is 26.0 Å². The van der Waals surface area contributed by atoms with Crippen molar-refractivity contribution < 1.29 is 4.74 Å². The molecular weight excluding hydrogens is 210 g/mol. The highest BCUT2D eigenvalue weighted by atomic mass is 32.1. The number of hydrogen-bond acceptors (Lipinski definition) is 5. The van der Waals surface area contributed by atoms with E-state index in [-0.39, 0.29) is 0 Å². The Morgan fingerprint density at radius 1 is 1.60 bits per heavy atom. The molecule has 1 aliphatic heterocycles. The van der Waals surface area contributed by atoms with Gasteiger partial charge in [-0.1, -0.05) is 6.08 Å². The molecule has 0 aromatic carbocycles. The second-order valence-corrected chi connectivity index (χ2v) is 4.00. The molecule has 15 heavy (non-hydrogen) atoms. The van der Waals surface area contributed by atoms with Crippen molar-refractivity contribution in [1.29, 1.82) is 0 Å². The van der Waals surface area contributed by atoms with Gasteiger partial charge in [0.15, 0.2) is 0 Å². The molecular formula is C10H15N3OS. The van der Waals surface area contributed by atoms with Gasteiger partial charge < -0.3 is 10.1 Å². The second kappa shape index (κ2) is 4.72. The van der Waals surface area contributed by atoms with Crippen molar-refractivity contribution in [3.63, 3.8) is 0 Å². The van der Waals surface area contributed by atoms with E-state index in [1.807, 2.05) is 6.92 Å². The maximum Gasteiger partial charge on any atom is 0.253 e. The van der Waals surface area contributed by atoms with Crippen LogP contribution in [-0.2, 0) is 0 Å². The van der Waals surface area contributed by atoms with Crippen molar-refractivity contribution in [3.05, 3.63) is 11.8 Å². The van der Waals surface area contributed by atoms with E-state index in [4.69, 9.17) is 4.74 Å². The first kappa shape index (κ1) is 10.6. The minimum absolute atomic E-state index is 0.335. The van der Waals surface area contributed by atoms with E-state index in [9.17, 15) is 0 Å². The molecule has 4 nitrogen and oxygen atoms in total. The number of hydrogen-bond donors (Lipinski definition) is 1. The summed E-state index contributed by atoms with van der Waals surface area (Å²) in [5.41, 5.74) is 2.11. The Balaban J connectivity index is 2.27. The number of rotatable bonds is 3. The molecule has 5 heteroatoms. The normalized spacial score (nSPS) is 21.2. The third-order valence-corrected chi connectivity index (χ3v) is 2.95. The lowest BCUT2D eigenvalue weighted by atomic mass is 10.0. The molecule has 82 valence electrons. The third kappa shape index (κ3) is 2.18. The number of nitrogens with one attached hydrogen (secondary N) is 1. The zero-order chi connectivity index (χ0) is 10.7. The highest BCUT2D eigenvalue weighted by Crippen LogP contribution is 2.28. The molecule has 0 saturated carbocycles. The number of nitrogens with zero attached hydrogens (tertiary/aromatic N) is 2. The number of ether oxygens (including phenoxy) is 1. The summed E-state index contributed by atoms with van der Waals surface area (Å²) < 4.78 is 13.9. The number of aromatic nitrogens is 2. The van der Waals surface area contributed by atoms with Crippen LogP contribution in [0.2, 0.25) is 0 Å². The van der Waals surface area contributed by atoms with Gasteiger partial charge in [-0.15, -0.1) is 4.37 Å². The molecule has 2 heterocycles. The lowest BCUT2D eigenvalue weighted by Crippen LogP contribution is -2.31. The van der Waals surface area contributed by atoms with E-state index in [0.29, 0.717) is 18.5 Å². The van der Waals surface area contributed by atoms with Gasteiger partial charge in [-0.25, -0.2) is 0 Å². The fourth-order valence-electron chi connectivity index (χ4n) is 1.70. The van der Waals surface area contributed by atoms with Crippen LogP contribution in [-0.4, -0.2) is 27.9 Å². The first-order valence-electron chi connectivity index (χ1n) is 5.22. The van der Waals surface area contributed by atoms with Crippen LogP contribution in [0.3, 0.4) is 0 Å². The van der Waals surface area contributed by atoms with Gasteiger partial charge in [0.25, 0.3) is 5.88 Å². The van der Waals surface area contributed by atoms with Crippen LogP contribution in [0, 0.1) is 0 Å². The Labute approximate surface area is 93.7 Å². The van der Waals surface area contributed by atoms with E-state index >= 15 is 0 Å². The van der Waals surface area contributed by atoms with Gasteiger partial charge in [-0.3, -0.25) is 0 Å². The van der Waals surface area contributed by atoms with Gasteiger partial charge in [0.2, 0.25) is 0 Å². The van der Waals surface area contributed by atoms with Gasteiger partial charge in [-0.05, 0) is 32.4 Å². The van der Waals surface area contributed by atoms with Crippen LogP contribution in [0.5, 0.6) is 5.88 Å². The Bertz CT molecular complexity index is 361. The lowest BCUT2D eigenvalue weighted by Gasteiger charge is -2.20. The Kier molecular flexibility index (Phi) is 3.33. The summed E-state index contributed by atoms with van der Waals surface area (Å²) in [4.78, 5) is 0. The quantitative estimate of drug-likeness (QED) is 0.850. The summed E-state index contributed by atoms with van der Waals surface area (Å²) in [6, 6.07) is 0.335. The molecule has 0 bridgehead atoms. The van der Waals surface area contributed by atoms with Crippen LogP contribution < -0.4 is 10.1 Å². The van der Waals surface area contributed by atoms with E-state index in [2.05, 4.69) is 27.1 Å². The topological polar surface area (TPSA) is 47.0 Å². The molecule has 1 N–H and O–H groups in total. The molecule has 1 aromatic rings. The smallest absolute Gasteiger partial charge is 0.253 e. The SMILES string of the molecule is CCOc1nsnc1C1=CCCNC1C. The zero-order valence-corrected chi connectivity index (χ0v) is 9.80. The summed E-state index contributed by atoms with van der Waals surface area (Å²) in [6.07, 6.45) is 3.27. The van der Waals surface area contributed by atoms with E-state index in [1.165, 1.54) is 17.3 Å². The van der Waals surface area contributed by atoms with Crippen molar-refractivity contribution >= 4 is 17.3 Å². The van der Waals surface area contributed by atoms with Gasteiger partial charge in [0.1, 0.15) is 5.69 Å². The highest BCUT2D eigenvalue weighted by molar-refractivity contribution is 6.99. The van der Waals surface area contributed by atoms with Crippen molar-refractivity contribution in [2.45, 2.75) is 26.3 Å². The van der Waals surface area contributed by atoms with Crippen molar-refractivity contribution in [2.24, 2.45) is 0 Å². The first-order chi connectivity index (χ1) is 7.33. The fraction of sp³-hybridized carbons (Fsp3) is 0.600. The van der Waals surface area contributed by atoms with Gasteiger partial charge in [-0.2, -0.15) is 4.37 Å². The molecule has 0 aliphatic carbocycles. The monoisotopic (exact) mass is 225 g/mol. The summed E-state index contributed by atoms with van der Waals surface area (Å²) in [7, 11) is 0. The zero-order valence-electron chi connectivity index (χ0n) is 8.99. The highest BCUT2D eigenvalue weighted by Gasteiger charge is 2.20. The molecule has 1 aliphatic rings. The largest absolute Gasteiger partial charge is 0.476 e. The molecule has 2 rings (SSSR count). The minimum atomic E-state index is 0.335. The van der Waals surface area contributed by atoms with Crippen molar-refractivity contribution in [3.8, 4) is 5.88 Å². The molecule has 0 saturated heterocycles. The second-order valence-electron chi connectivity index (χ2n) is 3.47. The van der Waals surface area contributed by atoms with E-state index in [1.54, 1.807) is 0 Å². The predicted molar refractivity (Wildman–Crippen MR) is 61.1 cm³/mol. The summed E-state index contributed by atoms with van der Waals surface area (Å²) in [6.45, 7) is 5.76. The molecule has 0 fully saturated rings. The van der Waals surface area contributed by atoms with Crippen LogP contribution in [0.25, 0.3) is 5.57 Å². The fourth-order valence-corrected chi connectivity index (χ4v) is 2.22. The maximum atomic E-state index is 5.45. The van der Waals surface area contributed by atoms with Crippen molar-refractivity contribution in [2.75, 3.05) is 13.2 Å². The van der Waals surface area contributed by atoms with Crippen LogP contribution in [0.15, 0.2) is 6.08 Å². The molecule has 1 atom stereocenters. The lowest BCUT2D eigenvalue weighted by molar-refractivity contribution is 0.328. The first-order valence-corrected chi connectivity index (χ1v) is 5.95. The van der Waals surface area contributed by atoms with Gasteiger partial charge >= 0.3 is 0 Å². The van der Waals surface area contributed by atoms with Gasteiger partial charge in [0.05, 0.1) is 18.3 Å².